The van der Waals surface area contributed by atoms with Gasteiger partial charge in [0.25, 0.3) is 5.56 Å². The molecule has 0 atom stereocenters. The van der Waals surface area contributed by atoms with Crippen LogP contribution < -0.4 is 5.56 Å². The zero-order valence-corrected chi connectivity index (χ0v) is 17.6. The Balaban J connectivity index is 1.52. The van der Waals surface area contributed by atoms with Crippen molar-refractivity contribution in [2.75, 3.05) is 24.6 Å². The highest BCUT2D eigenvalue weighted by Crippen LogP contribution is 2.25. The number of benzene rings is 1. The van der Waals surface area contributed by atoms with Crippen molar-refractivity contribution in [3.05, 3.63) is 57.3 Å². The average molecular weight is 425 g/mol. The van der Waals surface area contributed by atoms with Crippen LogP contribution in [0.1, 0.15) is 11.1 Å². The number of thiophene rings is 1. The van der Waals surface area contributed by atoms with Crippen molar-refractivity contribution < 1.29 is 4.21 Å². The number of nitrogens with zero attached hydrogens (tertiary/aromatic N) is 3. The fourth-order valence-electron chi connectivity index (χ4n) is 3.78. The molecule has 0 spiro atoms. The molecule has 8 heteroatoms. The third-order valence-electron chi connectivity index (χ3n) is 5.32. The van der Waals surface area contributed by atoms with Gasteiger partial charge in [-0.2, -0.15) is 0 Å². The van der Waals surface area contributed by atoms with E-state index >= 15 is 0 Å². The first-order chi connectivity index (χ1) is 14.1. The molecule has 0 radical (unpaired) electrons. The summed E-state index contributed by atoms with van der Waals surface area (Å²) in [5.41, 5.74) is 3.29. The normalized spacial score (nSPS) is 16.0. The van der Waals surface area contributed by atoms with Crippen LogP contribution >= 0.6 is 11.3 Å². The molecule has 4 aromatic rings. The van der Waals surface area contributed by atoms with Crippen LogP contribution in [0.4, 0.5) is 0 Å². The lowest BCUT2D eigenvalue weighted by atomic mass is 10.1. The third-order valence-corrected chi connectivity index (χ3v) is 7.47. The number of rotatable bonds is 3. The summed E-state index contributed by atoms with van der Waals surface area (Å²) in [7, 11) is -0.688. The fraction of sp³-hybridized carbons (Fsp3) is 0.286. The highest BCUT2D eigenvalue weighted by Gasteiger charge is 2.17. The number of aromatic nitrogens is 3. The Morgan fingerprint density at radius 1 is 1.24 bits per heavy atom. The third kappa shape index (κ3) is 3.63. The largest absolute Gasteiger partial charge is 0.305 e. The maximum absolute atomic E-state index is 12.9. The van der Waals surface area contributed by atoms with E-state index < -0.39 is 10.8 Å². The van der Waals surface area contributed by atoms with Crippen molar-refractivity contribution in [2.24, 2.45) is 0 Å². The van der Waals surface area contributed by atoms with Gasteiger partial charge in [-0.1, -0.05) is 6.07 Å². The van der Waals surface area contributed by atoms with E-state index in [-0.39, 0.29) is 5.56 Å². The lowest BCUT2D eigenvalue weighted by molar-refractivity contribution is 0.291. The molecule has 29 heavy (non-hydrogen) atoms. The molecule has 148 valence electrons. The first-order valence-electron chi connectivity index (χ1n) is 9.51. The van der Waals surface area contributed by atoms with Crippen LogP contribution in [-0.4, -0.2) is 48.7 Å². The summed E-state index contributed by atoms with van der Waals surface area (Å²) in [5, 5.41) is 3.71. The van der Waals surface area contributed by atoms with Gasteiger partial charge in [0.2, 0.25) is 0 Å². The van der Waals surface area contributed by atoms with E-state index in [0.29, 0.717) is 22.4 Å². The molecule has 6 nitrogen and oxygen atoms in total. The van der Waals surface area contributed by atoms with Crippen molar-refractivity contribution in [3.63, 3.8) is 0 Å². The molecule has 4 heterocycles. The summed E-state index contributed by atoms with van der Waals surface area (Å²) in [6, 6.07) is 8.02. The van der Waals surface area contributed by atoms with E-state index in [1.54, 1.807) is 11.3 Å². The Labute approximate surface area is 174 Å². The second-order valence-electron chi connectivity index (χ2n) is 7.38. The maximum Gasteiger partial charge on any atom is 0.259 e. The van der Waals surface area contributed by atoms with Gasteiger partial charge in [0.1, 0.15) is 5.69 Å². The number of hydrogen-bond donors (Lipinski definition) is 1. The highest BCUT2D eigenvalue weighted by molar-refractivity contribution is 7.85. The van der Waals surface area contributed by atoms with Gasteiger partial charge in [-0.3, -0.25) is 18.9 Å². The first-order valence-corrected chi connectivity index (χ1v) is 11.9. The monoisotopic (exact) mass is 424 g/mol. The Hall–Kier alpha value is -2.42. The number of fused-ring (bicyclic) bond motifs is 2. The van der Waals surface area contributed by atoms with Crippen LogP contribution in [-0.2, 0) is 17.3 Å². The Bertz CT molecular complexity index is 1300. The van der Waals surface area contributed by atoms with E-state index in [4.69, 9.17) is 4.98 Å². The van der Waals surface area contributed by atoms with E-state index in [2.05, 4.69) is 20.9 Å². The molecule has 0 unspecified atom stereocenters. The molecule has 5 rings (SSSR count). The lowest BCUT2D eigenvalue weighted by Gasteiger charge is -2.26. The Kier molecular flexibility index (Phi) is 4.77. The van der Waals surface area contributed by atoms with Crippen LogP contribution in [0.25, 0.3) is 32.5 Å². The lowest BCUT2D eigenvalue weighted by Crippen LogP contribution is -2.37. The number of nitrogens with one attached hydrogen (secondary N) is 1. The quantitative estimate of drug-likeness (QED) is 0.547. The first kappa shape index (κ1) is 18.6. The second kappa shape index (κ2) is 7.44. The molecule has 0 bridgehead atoms. The van der Waals surface area contributed by atoms with Crippen LogP contribution in [0.5, 0.6) is 0 Å². The van der Waals surface area contributed by atoms with E-state index in [0.717, 1.165) is 52.4 Å². The summed E-state index contributed by atoms with van der Waals surface area (Å²) >= 11 is 1.64. The molecule has 1 aliphatic rings. The van der Waals surface area contributed by atoms with Crippen molar-refractivity contribution in [1.29, 1.82) is 0 Å². The van der Waals surface area contributed by atoms with E-state index in [1.165, 1.54) is 0 Å². The van der Waals surface area contributed by atoms with Gasteiger partial charge in [0.05, 0.1) is 10.9 Å². The molecule has 3 aromatic heterocycles. The van der Waals surface area contributed by atoms with Crippen LogP contribution in [0.3, 0.4) is 0 Å². The summed E-state index contributed by atoms with van der Waals surface area (Å²) in [6.07, 6.45) is 1.81. The summed E-state index contributed by atoms with van der Waals surface area (Å²) in [5.74, 6) is 1.94. The molecule has 1 fully saturated rings. The predicted octanol–water partition coefficient (Wildman–Crippen LogP) is 3.07. The van der Waals surface area contributed by atoms with Crippen molar-refractivity contribution in [3.8, 4) is 11.5 Å². The molecule has 1 saturated heterocycles. The van der Waals surface area contributed by atoms with Gasteiger partial charge < -0.3 is 4.98 Å². The Morgan fingerprint density at radius 2 is 2.07 bits per heavy atom. The van der Waals surface area contributed by atoms with Crippen molar-refractivity contribution >= 4 is 43.1 Å². The van der Waals surface area contributed by atoms with Gasteiger partial charge in [-0.25, -0.2) is 4.98 Å². The standard InChI is InChI=1S/C21H20N4O2S2/c1-13-8-14(12-25-3-6-29(27)7-4-25)9-16-19(13)23-20(24-21(16)26)17-10-18-15(11-22-17)2-5-28-18/h2,5,8-11H,3-4,6-7,12H2,1H3,(H,23,24,26). The van der Waals surface area contributed by atoms with Gasteiger partial charge in [-0.05, 0) is 41.6 Å². The van der Waals surface area contributed by atoms with Crippen molar-refractivity contribution in [1.82, 2.24) is 19.9 Å². The minimum atomic E-state index is -0.688. The number of aromatic amines is 1. The smallest absolute Gasteiger partial charge is 0.259 e. The topological polar surface area (TPSA) is 79.0 Å². The minimum Gasteiger partial charge on any atom is -0.305 e. The van der Waals surface area contributed by atoms with Gasteiger partial charge in [0, 0.05) is 58.2 Å². The predicted molar refractivity (Wildman–Crippen MR) is 119 cm³/mol. The number of hydrogen-bond acceptors (Lipinski definition) is 6. The summed E-state index contributed by atoms with van der Waals surface area (Å²) < 4.78 is 12.7. The van der Waals surface area contributed by atoms with Gasteiger partial charge in [0.15, 0.2) is 5.82 Å². The number of H-pyrrole nitrogens is 1. The van der Waals surface area contributed by atoms with E-state index in [9.17, 15) is 9.00 Å². The highest BCUT2D eigenvalue weighted by atomic mass is 32.2. The van der Waals surface area contributed by atoms with Crippen LogP contribution in [0, 0.1) is 6.92 Å². The minimum absolute atomic E-state index is 0.150. The van der Waals surface area contributed by atoms with Gasteiger partial charge in [-0.15, -0.1) is 11.3 Å². The van der Waals surface area contributed by atoms with Crippen molar-refractivity contribution in [2.45, 2.75) is 13.5 Å². The second-order valence-corrected chi connectivity index (χ2v) is 10.0. The van der Waals surface area contributed by atoms with E-state index in [1.807, 2.05) is 36.7 Å². The Morgan fingerprint density at radius 3 is 2.90 bits per heavy atom. The summed E-state index contributed by atoms with van der Waals surface area (Å²) in [6.45, 7) is 4.40. The number of pyridine rings is 1. The zero-order valence-electron chi connectivity index (χ0n) is 16.0. The average Bonchev–Trinajstić information content (AvgIpc) is 3.18. The fourth-order valence-corrected chi connectivity index (χ4v) is 5.71. The molecule has 1 aliphatic heterocycles. The zero-order chi connectivity index (χ0) is 20.0. The molecule has 0 saturated carbocycles. The summed E-state index contributed by atoms with van der Waals surface area (Å²) in [4.78, 5) is 27.2. The molecular formula is C21H20N4O2S2. The van der Waals surface area contributed by atoms with Crippen LogP contribution in [0.15, 0.2) is 40.6 Å². The van der Waals surface area contributed by atoms with Gasteiger partial charge >= 0.3 is 0 Å². The number of aryl methyl sites for hydroxylation is 1. The van der Waals surface area contributed by atoms with Crippen LogP contribution in [0.2, 0.25) is 0 Å². The maximum atomic E-state index is 12.9. The SMILES string of the molecule is Cc1cc(CN2CCS(=O)CC2)cc2c(=O)[nH]c(-c3cc4sccc4cn3)nc12. The molecular weight excluding hydrogens is 404 g/mol. The molecule has 1 aromatic carbocycles. The molecule has 0 aliphatic carbocycles. The molecule has 0 amide bonds. The molecule has 1 N–H and O–H groups in total.